The van der Waals surface area contributed by atoms with E-state index in [1.54, 1.807) is 0 Å². The lowest BCUT2D eigenvalue weighted by atomic mass is 10.1. The first-order chi connectivity index (χ1) is 11.3. The first-order valence-electron chi connectivity index (χ1n) is 8.63. The zero-order chi connectivity index (χ0) is 15.6. The molecular formula is C19H23N3O. The van der Waals surface area contributed by atoms with E-state index in [1.165, 1.54) is 25.8 Å². The molecule has 23 heavy (non-hydrogen) atoms. The highest BCUT2D eigenvalue weighted by Crippen LogP contribution is 2.37. The van der Waals surface area contributed by atoms with Crippen molar-refractivity contribution in [2.75, 3.05) is 13.1 Å². The van der Waals surface area contributed by atoms with E-state index in [2.05, 4.69) is 27.3 Å². The summed E-state index contributed by atoms with van der Waals surface area (Å²) in [7, 11) is 0. The van der Waals surface area contributed by atoms with Crippen molar-refractivity contribution in [1.29, 1.82) is 0 Å². The molecule has 1 aromatic heterocycles. The second kappa shape index (κ2) is 6.28. The molecule has 4 rings (SSSR count). The Morgan fingerprint density at radius 3 is 2.96 bits per heavy atom. The lowest BCUT2D eigenvalue weighted by Gasteiger charge is -2.26. The summed E-state index contributed by atoms with van der Waals surface area (Å²) in [5.41, 5.74) is 1.89. The summed E-state index contributed by atoms with van der Waals surface area (Å²) >= 11 is 0. The van der Waals surface area contributed by atoms with Crippen molar-refractivity contribution < 1.29 is 4.79 Å². The van der Waals surface area contributed by atoms with Crippen LogP contribution in [-0.4, -0.2) is 34.9 Å². The zero-order valence-electron chi connectivity index (χ0n) is 13.4. The van der Waals surface area contributed by atoms with Crippen LogP contribution < -0.4 is 5.32 Å². The van der Waals surface area contributed by atoms with Crippen molar-refractivity contribution in [1.82, 2.24) is 15.2 Å². The van der Waals surface area contributed by atoms with Crippen LogP contribution >= 0.6 is 0 Å². The summed E-state index contributed by atoms with van der Waals surface area (Å²) in [4.78, 5) is 19.2. The van der Waals surface area contributed by atoms with Gasteiger partial charge in [0, 0.05) is 30.9 Å². The number of nitrogens with one attached hydrogen (secondary N) is 1. The molecule has 2 fully saturated rings. The third-order valence-corrected chi connectivity index (χ3v) is 5.27. The van der Waals surface area contributed by atoms with E-state index in [4.69, 9.17) is 0 Å². The topological polar surface area (TPSA) is 45.2 Å². The number of hydrogen-bond donors (Lipinski definition) is 1. The van der Waals surface area contributed by atoms with Crippen LogP contribution in [0.3, 0.4) is 0 Å². The molecule has 4 heteroatoms. The number of amides is 1. The third kappa shape index (κ3) is 3.22. The van der Waals surface area contributed by atoms with Gasteiger partial charge in [0.1, 0.15) is 0 Å². The van der Waals surface area contributed by atoms with E-state index in [9.17, 15) is 4.79 Å². The molecule has 1 amide bonds. The van der Waals surface area contributed by atoms with Crippen LogP contribution in [0, 0.1) is 5.92 Å². The number of nitrogens with zero attached hydrogens (tertiary/aromatic N) is 2. The van der Waals surface area contributed by atoms with Gasteiger partial charge in [-0.15, -0.1) is 0 Å². The van der Waals surface area contributed by atoms with E-state index in [-0.39, 0.29) is 5.91 Å². The van der Waals surface area contributed by atoms with Gasteiger partial charge < -0.3 is 5.32 Å². The maximum Gasteiger partial charge on any atom is 0.221 e. The van der Waals surface area contributed by atoms with E-state index >= 15 is 0 Å². The molecule has 1 aliphatic heterocycles. The van der Waals surface area contributed by atoms with Gasteiger partial charge in [0.25, 0.3) is 0 Å². The summed E-state index contributed by atoms with van der Waals surface area (Å²) < 4.78 is 0. The summed E-state index contributed by atoms with van der Waals surface area (Å²) in [5.74, 6) is 1.02. The number of carbonyl (C=O) groups is 1. The SMILES string of the molecule is O=C(CCN1C[C@H]2CC[C@@H]1C2)NCc1ccc2ccccc2n1. The number of piperidine rings is 1. The average Bonchev–Trinajstić information content (AvgIpc) is 3.21. The van der Waals surface area contributed by atoms with Gasteiger partial charge in [-0.25, -0.2) is 0 Å². The van der Waals surface area contributed by atoms with Gasteiger partial charge in [0.15, 0.2) is 0 Å². The van der Waals surface area contributed by atoms with E-state index in [0.717, 1.165) is 35.1 Å². The van der Waals surface area contributed by atoms with Crippen molar-refractivity contribution in [3.8, 4) is 0 Å². The number of aromatic nitrogens is 1. The minimum Gasteiger partial charge on any atom is -0.350 e. The number of carbonyl (C=O) groups excluding carboxylic acids is 1. The molecule has 1 aromatic carbocycles. The maximum atomic E-state index is 12.1. The number of hydrogen-bond acceptors (Lipinski definition) is 3. The predicted octanol–water partition coefficient (Wildman–Crippen LogP) is 2.73. The van der Waals surface area contributed by atoms with Gasteiger partial charge in [-0.1, -0.05) is 24.3 Å². The van der Waals surface area contributed by atoms with Crippen LogP contribution in [0.1, 0.15) is 31.4 Å². The second-order valence-electron chi connectivity index (χ2n) is 6.85. The van der Waals surface area contributed by atoms with Crippen LogP contribution in [0.15, 0.2) is 36.4 Å². The standard InChI is InChI=1S/C19H23N3O/c23-19(9-10-22-13-14-5-8-17(22)11-14)20-12-16-7-6-15-3-1-2-4-18(15)21-16/h1-4,6-7,14,17H,5,8-13H2,(H,20,23)/t14-,17+/m0/s1. The Labute approximate surface area is 136 Å². The Balaban J connectivity index is 1.27. The molecule has 2 heterocycles. The normalized spacial score (nSPS) is 23.5. The van der Waals surface area contributed by atoms with Crippen LogP contribution in [0.4, 0.5) is 0 Å². The number of para-hydroxylation sites is 1. The Bertz CT molecular complexity index is 715. The number of likely N-dealkylation sites (tertiary alicyclic amines) is 1. The molecule has 1 saturated heterocycles. The number of fused-ring (bicyclic) bond motifs is 3. The van der Waals surface area contributed by atoms with Crippen molar-refractivity contribution in [3.63, 3.8) is 0 Å². The Morgan fingerprint density at radius 2 is 2.13 bits per heavy atom. The molecule has 1 N–H and O–H groups in total. The smallest absolute Gasteiger partial charge is 0.221 e. The monoisotopic (exact) mass is 309 g/mol. The van der Waals surface area contributed by atoms with Crippen molar-refractivity contribution >= 4 is 16.8 Å². The molecule has 120 valence electrons. The molecule has 0 spiro atoms. The van der Waals surface area contributed by atoms with Crippen LogP contribution in [0.25, 0.3) is 10.9 Å². The van der Waals surface area contributed by atoms with E-state index in [0.29, 0.717) is 13.0 Å². The van der Waals surface area contributed by atoms with E-state index < -0.39 is 0 Å². The van der Waals surface area contributed by atoms with Crippen molar-refractivity contribution in [2.24, 2.45) is 5.92 Å². The quantitative estimate of drug-likeness (QED) is 0.923. The molecule has 2 aromatic rings. The maximum absolute atomic E-state index is 12.1. The van der Waals surface area contributed by atoms with Crippen molar-refractivity contribution in [3.05, 3.63) is 42.1 Å². The highest BCUT2D eigenvalue weighted by molar-refractivity contribution is 5.79. The summed E-state index contributed by atoms with van der Waals surface area (Å²) in [6, 6.07) is 12.8. The highest BCUT2D eigenvalue weighted by Gasteiger charge is 2.37. The molecule has 1 aliphatic carbocycles. The molecule has 2 bridgehead atoms. The fourth-order valence-electron chi connectivity index (χ4n) is 4.03. The fourth-order valence-corrected chi connectivity index (χ4v) is 4.03. The van der Waals surface area contributed by atoms with Crippen LogP contribution in [0.5, 0.6) is 0 Å². The average molecular weight is 309 g/mol. The zero-order valence-corrected chi connectivity index (χ0v) is 13.4. The predicted molar refractivity (Wildman–Crippen MR) is 90.9 cm³/mol. The highest BCUT2D eigenvalue weighted by atomic mass is 16.1. The molecule has 0 radical (unpaired) electrons. The first-order valence-corrected chi connectivity index (χ1v) is 8.63. The van der Waals surface area contributed by atoms with E-state index in [1.807, 2.05) is 24.3 Å². The molecule has 2 aliphatic rings. The summed E-state index contributed by atoms with van der Waals surface area (Å²) in [6.07, 6.45) is 4.66. The minimum atomic E-state index is 0.128. The Hall–Kier alpha value is -1.94. The Morgan fingerprint density at radius 1 is 1.22 bits per heavy atom. The van der Waals surface area contributed by atoms with Gasteiger partial charge in [-0.3, -0.25) is 14.7 Å². The molecule has 1 saturated carbocycles. The van der Waals surface area contributed by atoms with Crippen molar-refractivity contribution in [2.45, 2.75) is 38.3 Å². The lowest BCUT2D eigenvalue weighted by Crippen LogP contribution is -2.35. The van der Waals surface area contributed by atoms with Crippen LogP contribution in [-0.2, 0) is 11.3 Å². The van der Waals surface area contributed by atoms with Gasteiger partial charge in [0.2, 0.25) is 5.91 Å². The summed E-state index contributed by atoms with van der Waals surface area (Å²) in [6.45, 7) is 2.61. The van der Waals surface area contributed by atoms with Crippen LogP contribution in [0.2, 0.25) is 0 Å². The van der Waals surface area contributed by atoms with Gasteiger partial charge >= 0.3 is 0 Å². The largest absolute Gasteiger partial charge is 0.350 e. The van der Waals surface area contributed by atoms with Gasteiger partial charge in [-0.05, 0) is 37.3 Å². The fraction of sp³-hybridized carbons (Fsp3) is 0.474. The molecule has 0 unspecified atom stereocenters. The van der Waals surface area contributed by atoms with Gasteiger partial charge in [-0.2, -0.15) is 0 Å². The second-order valence-corrected chi connectivity index (χ2v) is 6.85. The molecular weight excluding hydrogens is 286 g/mol. The first kappa shape index (κ1) is 14.6. The molecule has 2 atom stereocenters. The lowest BCUT2D eigenvalue weighted by molar-refractivity contribution is -0.121. The summed E-state index contributed by atoms with van der Waals surface area (Å²) in [5, 5.41) is 4.13. The van der Waals surface area contributed by atoms with Gasteiger partial charge in [0.05, 0.1) is 17.8 Å². The number of rotatable bonds is 5. The number of benzene rings is 1. The third-order valence-electron chi connectivity index (χ3n) is 5.27. The Kier molecular flexibility index (Phi) is 4.00. The number of pyridine rings is 1. The minimum absolute atomic E-state index is 0.128. The molecule has 4 nitrogen and oxygen atoms in total.